The monoisotopic (exact) mass is 342 g/mol. The van der Waals surface area contributed by atoms with Crippen LogP contribution in [0.4, 0.5) is 0 Å². The fourth-order valence-corrected chi connectivity index (χ4v) is 3.37. The Hall–Kier alpha value is -0.120. The van der Waals surface area contributed by atoms with Crippen molar-refractivity contribution in [1.82, 2.24) is 0 Å². The summed E-state index contributed by atoms with van der Waals surface area (Å²) >= 11 is 0. The fraction of sp³-hybridized carbons (Fsp3) is 1.00. The van der Waals surface area contributed by atoms with Gasteiger partial charge in [0.25, 0.3) is 0 Å². The van der Waals surface area contributed by atoms with E-state index in [4.69, 9.17) is 9.47 Å². The van der Waals surface area contributed by atoms with Crippen molar-refractivity contribution in [3.8, 4) is 0 Å². The molecular weight excluding hydrogens is 300 g/mol. The van der Waals surface area contributed by atoms with Crippen LogP contribution in [0.5, 0.6) is 0 Å². The van der Waals surface area contributed by atoms with Crippen LogP contribution in [0.25, 0.3) is 0 Å². The van der Waals surface area contributed by atoms with E-state index in [0.29, 0.717) is 0 Å². The van der Waals surface area contributed by atoms with Crippen LogP contribution in [-0.2, 0) is 9.47 Å². The van der Waals surface area contributed by atoms with Gasteiger partial charge in [0.05, 0.1) is 6.10 Å². The number of hydrogen-bond donors (Lipinski definition) is 1. The van der Waals surface area contributed by atoms with E-state index in [1.54, 1.807) is 0 Å². The Morgan fingerprint density at radius 2 is 1.50 bits per heavy atom. The molecule has 1 fully saturated rings. The van der Waals surface area contributed by atoms with Gasteiger partial charge >= 0.3 is 0 Å². The normalized spacial score (nSPS) is 19.5. The van der Waals surface area contributed by atoms with E-state index in [9.17, 15) is 5.11 Å². The largest absolute Gasteiger partial charge is 0.393 e. The molecule has 1 aliphatic heterocycles. The zero-order valence-electron chi connectivity index (χ0n) is 16.1. The van der Waals surface area contributed by atoms with Crippen LogP contribution in [0.15, 0.2) is 0 Å². The van der Waals surface area contributed by atoms with E-state index in [2.05, 4.69) is 6.92 Å². The van der Waals surface area contributed by atoms with Gasteiger partial charge in [-0.1, -0.05) is 71.1 Å². The first-order valence-corrected chi connectivity index (χ1v) is 10.7. The van der Waals surface area contributed by atoms with E-state index in [1.807, 2.05) is 0 Å². The van der Waals surface area contributed by atoms with E-state index in [1.165, 1.54) is 77.0 Å². The van der Waals surface area contributed by atoms with Crippen LogP contribution in [-0.4, -0.2) is 30.7 Å². The molecule has 0 spiro atoms. The standard InChI is InChI=1S/C21H42O3/c1-2-3-4-5-7-10-15-20(22)16-11-8-6-9-13-18-23-21-17-12-14-19-24-21/h20-22H,2-19H2,1H3. The summed E-state index contributed by atoms with van der Waals surface area (Å²) in [5.41, 5.74) is 0. The lowest BCUT2D eigenvalue weighted by molar-refractivity contribution is -0.162. The molecule has 1 N–H and O–H groups in total. The van der Waals surface area contributed by atoms with Crippen molar-refractivity contribution < 1.29 is 14.6 Å². The average Bonchev–Trinajstić information content (AvgIpc) is 2.61. The highest BCUT2D eigenvalue weighted by molar-refractivity contribution is 4.58. The lowest BCUT2D eigenvalue weighted by atomic mass is 10.0. The molecule has 1 saturated heterocycles. The smallest absolute Gasteiger partial charge is 0.157 e. The molecule has 0 aliphatic carbocycles. The molecule has 0 aromatic heterocycles. The number of aliphatic hydroxyl groups is 1. The molecule has 0 aromatic carbocycles. The third kappa shape index (κ3) is 13.2. The summed E-state index contributed by atoms with van der Waals surface area (Å²) in [6, 6.07) is 0. The van der Waals surface area contributed by atoms with Crippen molar-refractivity contribution in [2.75, 3.05) is 13.2 Å². The molecule has 0 bridgehead atoms. The summed E-state index contributed by atoms with van der Waals surface area (Å²) in [6.07, 6.45) is 19.4. The Morgan fingerprint density at radius 3 is 2.12 bits per heavy atom. The summed E-state index contributed by atoms with van der Waals surface area (Å²) in [4.78, 5) is 0. The average molecular weight is 343 g/mol. The van der Waals surface area contributed by atoms with Crippen molar-refractivity contribution in [2.24, 2.45) is 0 Å². The summed E-state index contributed by atoms with van der Waals surface area (Å²) in [5, 5.41) is 10.0. The quantitative estimate of drug-likeness (QED) is 0.351. The molecule has 3 nitrogen and oxygen atoms in total. The van der Waals surface area contributed by atoms with Crippen molar-refractivity contribution in [1.29, 1.82) is 0 Å². The van der Waals surface area contributed by atoms with Crippen LogP contribution in [0.1, 0.15) is 110 Å². The number of rotatable bonds is 16. The molecule has 0 aromatic rings. The van der Waals surface area contributed by atoms with Crippen molar-refractivity contribution >= 4 is 0 Å². The molecule has 2 unspecified atom stereocenters. The van der Waals surface area contributed by atoms with Crippen molar-refractivity contribution in [3.05, 3.63) is 0 Å². The third-order valence-electron chi connectivity index (χ3n) is 5.01. The minimum atomic E-state index is -0.0667. The highest BCUT2D eigenvalue weighted by atomic mass is 16.7. The Bertz CT molecular complexity index is 251. The molecule has 0 amide bonds. The first kappa shape index (κ1) is 21.9. The summed E-state index contributed by atoms with van der Waals surface area (Å²) in [7, 11) is 0. The van der Waals surface area contributed by atoms with Crippen LogP contribution >= 0.6 is 0 Å². The highest BCUT2D eigenvalue weighted by Crippen LogP contribution is 2.15. The van der Waals surface area contributed by atoms with Gasteiger partial charge in [0.2, 0.25) is 0 Å². The Labute approximate surface area is 150 Å². The van der Waals surface area contributed by atoms with Gasteiger partial charge in [-0.3, -0.25) is 0 Å². The topological polar surface area (TPSA) is 38.7 Å². The van der Waals surface area contributed by atoms with Gasteiger partial charge in [0.1, 0.15) is 0 Å². The Balaban J connectivity index is 1.75. The summed E-state index contributed by atoms with van der Waals surface area (Å²) in [6.45, 7) is 3.96. The minimum absolute atomic E-state index is 0.0656. The van der Waals surface area contributed by atoms with Crippen LogP contribution in [0, 0.1) is 0 Å². The predicted molar refractivity (Wildman–Crippen MR) is 101 cm³/mol. The van der Waals surface area contributed by atoms with Crippen LogP contribution < -0.4 is 0 Å². The zero-order chi connectivity index (χ0) is 17.3. The van der Waals surface area contributed by atoms with Gasteiger partial charge in [-0.2, -0.15) is 0 Å². The predicted octanol–water partition coefficient (Wildman–Crippen LogP) is 5.98. The molecule has 24 heavy (non-hydrogen) atoms. The maximum absolute atomic E-state index is 10.0. The molecule has 3 heteroatoms. The molecular formula is C21H42O3. The lowest BCUT2D eigenvalue weighted by Crippen LogP contribution is -2.22. The second kappa shape index (κ2) is 16.4. The van der Waals surface area contributed by atoms with Gasteiger partial charge < -0.3 is 14.6 Å². The molecule has 0 radical (unpaired) electrons. The Kier molecular flexibility index (Phi) is 14.9. The van der Waals surface area contributed by atoms with Crippen LogP contribution in [0.2, 0.25) is 0 Å². The third-order valence-corrected chi connectivity index (χ3v) is 5.01. The second-order valence-electron chi connectivity index (χ2n) is 7.43. The van der Waals surface area contributed by atoms with Gasteiger partial charge in [-0.05, 0) is 38.5 Å². The first-order valence-electron chi connectivity index (χ1n) is 10.7. The number of aliphatic hydroxyl groups excluding tert-OH is 1. The number of ether oxygens (including phenoxy) is 2. The molecule has 0 saturated carbocycles. The highest BCUT2D eigenvalue weighted by Gasteiger charge is 2.13. The first-order chi connectivity index (χ1) is 11.8. The lowest BCUT2D eigenvalue weighted by Gasteiger charge is -2.22. The van der Waals surface area contributed by atoms with E-state index in [0.717, 1.165) is 38.9 Å². The fourth-order valence-electron chi connectivity index (χ4n) is 3.37. The van der Waals surface area contributed by atoms with Crippen LogP contribution in [0.3, 0.4) is 0 Å². The molecule has 144 valence electrons. The van der Waals surface area contributed by atoms with Gasteiger partial charge in [-0.25, -0.2) is 0 Å². The number of unbranched alkanes of at least 4 members (excludes halogenated alkanes) is 9. The zero-order valence-corrected chi connectivity index (χ0v) is 16.1. The van der Waals surface area contributed by atoms with E-state index < -0.39 is 0 Å². The summed E-state index contributed by atoms with van der Waals surface area (Å²) < 4.78 is 11.3. The van der Waals surface area contributed by atoms with Crippen molar-refractivity contribution in [3.63, 3.8) is 0 Å². The van der Waals surface area contributed by atoms with E-state index in [-0.39, 0.29) is 12.4 Å². The SMILES string of the molecule is CCCCCCCCC(O)CCCCCCCOC1CCCCO1. The summed E-state index contributed by atoms with van der Waals surface area (Å²) in [5.74, 6) is 0. The Morgan fingerprint density at radius 1 is 0.875 bits per heavy atom. The van der Waals surface area contributed by atoms with E-state index >= 15 is 0 Å². The van der Waals surface area contributed by atoms with Gasteiger partial charge in [0, 0.05) is 13.2 Å². The second-order valence-corrected chi connectivity index (χ2v) is 7.43. The van der Waals surface area contributed by atoms with Gasteiger partial charge in [-0.15, -0.1) is 0 Å². The van der Waals surface area contributed by atoms with Gasteiger partial charge in [0.15, 0.2) is 6.29 Å². The molecule has 1 heterocycles. The number of hydrogen-bond acceptors (Lipinski definition) is 3. The molecule has 2 atom stereocenters. The minimum Gasteiger partial charge on any atom is -0.393 e. The maximum atomic E-state index is 10.0. The molecule has 1 aliphatic rings. The maximum Gasteiger partial charge on any atom is 0.157 e. The van der Waals surface area contributed by atoms with Crippen molar-refractivity contribution in [2.45, 2.75) is 122 Å². The molecule has 1 rings (SSSR count).